The van der Waals surface area contributed by atoms with Gasteiger partial charge in [0, 0.05) is 32.7 Å². The molecule has 1 aliphatic heterocycles. The summed E-state index contributed by atoms with van der Waals surface area (Å²) < 4.78 is 38.9. The third kappa shape index (κ3) is 4.41. The quantitative estimate of drug-likeness (QED) is 0.566. The minimum absolute atomic E-state index is 0.0128. The van der Waals surface area contributed by atoms with Crippen LogP contribution in [0.25, 0.3) is 11.1 Å². The molecule has 164 valence electrons. The molecule has 0 N–H and O–H groups in total. The topological polar surface area (TPSA) is 102 Å². The minimum atomic E-state index is -3.80. The van der Waals surface area contributed by atoms with Gasteiger partial charge < -0.3 is 14.1 Å². The molecule has 0 saturated carbocycles. The molecule has 0 radical (unpaired) electrons. The lowest BCUT2D eigenvalue weighted by Crippen LogP contribution is -2.43. The first kappa shape index (κ1) is 21.3. The number of carbonyl (C=O) groups excluding carboxylic acids is 1. The van der Waals surface area contributed by atoms with Crippen molar-refractivity contribution < 1.29 is 22.4 Å². The van der Waals surface area contributed by atoms with E-state index in [-0.39, 0.29) is 29.5 Å². The van der Waals surface area contributed by atoms with Crippen molar-refractivity contribution in [3.63, 3.8) is 0 Å². The fourth-order valence-corrected chi connectivity index (χ4v) is 4.69. The largest absolute Gasteiger partial charge is 0.420 e. The fraction of sp³-hybridized carbons (Fsp3) is 0.333. The van der Waals surface area contributed by atoms with Crippen molar-refractivity contribution in [1.82, 2.24) is 13.8 Å². The lowest BCUT2D eigenvalue weighted by Gasteiger charge is -2.26. The number of rotatable bonds is 6. The second-order valence-corrected chi connectivity index (χ2v) is 9.37. The molecule has 0 unspecified atom stereocenters. The van der Waals surface area contributed by atoms with E-state index in [1.807, 2.05) is 30.3 Å². The minimum Gasteiger partial charge on any atom is -0.408 e. The van der Waals surface area contributed by atoms with Crippen LogP contribution in [0.4, 0.5) is 0 Å². The third-order valence-corrected chi connectivity index (χ3v) is 7.05. The summed E-state index contributed by atoms with van der Waals surface area (Å²) in [6.45, 7) is 1.90. The van der Waals surface area contributed by atoms with Gasteiger partial charge in [-0.3, -0.25) is 9.36 Å². The molecule has 10 heteroatoms. The van der Waals surface area contributed by atoms with Crippen LogP contribution in [-0.4, -0.2) is 61.4 Å². The number of nitrogens with zero attached hydrogens (tertiary/aromatic N) is 3. The number of amides is 1. The molecular weight excluding hydrogens is 422 g/mol. The number of oxazole rings is 1. The van der Waals surface area contributed by atoms with Crippen LogP contribution in [-0.2, 0) is 32.6 Å². The lowest BCUT2D eigenvalue weighted by molar-refractivity contribution is -0.135. The molecule has 2 heterocycles. The van der Waals surface area contributed by atoms with Gasteiger partial charge >= 0.3 is 5.76 Å². The van der Waals surface area contributed by atoms with Gasteiger partial charge in [-0.25, -0.2) is 13.2 Å². The highest BCUT2D eigenvalue weighted by molar-refractivity contribution is 7.89. The summed E-state index contributed by atoms with van der Waals surface area (Å²) in [5, 5.41) is 0. The summed E-state index contributed by atoms with van der Waals surface area (Å²) in [6, 6.07) is 13.5. The number of hydrogen-bond donors (Lipinski definition) is 0. The Morgan fingerprint density at radius 3 is 2.52 bits per heavy atom. The molecule has 2 aromatic carbocycles. The van der Waals surface area contributed by atoms with Crippen molar-refractivity contribution in [2.24, 2.45) is 0 Å². The van der Waals surface area contributed by atoms with Crippen molar-refractivity contribution in [2.45, 2.75) is 18.0 Å². The summed E-state index contributed by atoms with van der Waals surface area (Å²) in [6.07, 6.45) is 0. The van der Waals surface area contributed by atoms with E-state index in [1.165, 1.54) is 34.1 Å². The Hall–Kier alpha value is -2.95. The molecule has 4 rings (SSSR count). The number of sulfonamides is 1. The highest BCUT2D eigenvalue weighted by Crippen LogP contribution is 2.22. The Labute approximate surface area is 179 Å². The van der Waals surface area contributed by atoms with E-state index < -0.39 is 15.8 Å². The SMILES string of the molecule is CN(Cc1ccccc1)S(=O)(=O)c1ccc2c(c1)oc(=O)n2CC(=O)N1CCOCC1. The Bertz CT molecular complexity index is 1240. The first-order valence-electron chi connectivity index (χ1n) is 9.85. The fourth-order valence-electron chi connectivity index (χ4n) is 3.51. The van der Waals surface area contributed by atoms with Gasteiger partial charge in [0.2, 0.25) is 15.9 Å². The normalized spacial score (nSPS) is 15.0. The summed E-state index contributed by atoms with van der Waals surface area (Å²) in [4.78, 5) is 26.5. The molecule has 9 nitrogen and oxygen atoms in total. The molecule has 1 aromatic heterocycles. The molecule has 1 saturated heterocycles. The summed E-state index contributed by atoms with van der Waals surface area (Å²) in [5.74, 6) is -0.920. The molecule has 1 fully saturated rings. The smallest absolute Gasteiger partial charge is 0.408 e. The average Bonchev–Trinajstić information content (AvgIpc) is 3.09. The monoisotopic (exact) mass is 445 g/mol. The second kappa shape index (κ2) is 8.66. The van der Waals surface area contributed by atoms with Crippen LogP contribution in [0.5, 0.6) is 0 Å². The number of benzene rings is 2. The maximum Gasteiger partial charge on any atom is 0.420 e. The van der Waals surface area contributed by atoms with Gasteiger partial charge in [-0.2, -0.15) is 4.31 Å². The highest BCUT2D eigenvalue weighted by Gasteiger charge is 2.24. The van der Waals surface area contributed by atoms with Crippen molar-refractivity contribution in [2.75, 3.05) is 33.4 Å². The number of aromatic nitrogens is 1. The number of carbonyl (C=O) groups is 1. The van der Waals surface area contributed by atoms with Gasteiger partial charge in [0.25, 0.3) is 0 Å². The van der Waals surface area contributed by atoms with E-state index in [2.05, 4.69) is 0 Å². The van der Waals surface area contributed by atoms with Crippen LogP contribution < -0.4 is 5.76 Å². The Kier molecular flexibility index (Phi) is 5.94. The Morgan fingerprint density at radius 1 is 1.10 bits per heavy atom. The maximum atomic E-state index is 13.0. The number of fused-ring (bicyclic) bond motifs is 1. The van der Waals surface area contributed by atoms with Gasteiger partial charge in [0.1, 0.15) is 6.54 Å². The van der Waals surface area contributed by atoms with Crippen LogP contribution >= 0.6 is 0 Å². The van der Waals surface area contributed by atoms with Gasteiger partial charge in [0.05, 0.1) is 23.6 Å². The molecule has 1 aliphatic rings. The molecule has 3 aromatic rings. The van der Waals surface area contributed by atoms with E-state index in [0.29, 0.717) is 31.8 Å². The van der Waals surface area contributed by atoms with Gasteiger partial charge in [-0.05, 0) is 17.7 Å². The van der Waals surface area contributed by atoms with Crippen LogP contribution in [0.3, 0.4) is 0 Å². The molecule has 0 spiro atoms. The zero-order valence-electron chi connectivity index (χ0n) is 17.1. The van der Waals surface area contributed by atoms with Crippen molar-refractivity contribution in [1.29, 1.82) is 0 Å². The van der Waals surface area contributed by atoms with Crippen LogP contribution in [0.15, 0.2) is 62.6 Å². The third-order valence-electron chi connectivity index (χ3n) is 5.25. The summed E-state index contributed by atoms with van der Waals surface area (Å²) in [5.41, 5.74) is 1.35. The summed E-state index contributed by atoms with van der Waals surface area (Å²) >= 11 is 0. The van der Waals surface area contributed by atoms with E-state index >= 15 is 0 Å². The Balaban J connectivity index is 1.58. The van der Waals surface area contributed by atoms with Crippen LogP contribution in [0.1, 0.15) is 5.56 Å². The van der Waals surface area contributed by atoms with E-state index in [0.717, 1.165) is 5.56 Å². The zero-order valence-corrected chi connectivity index (χ0v) is 17.9. The number of ether oxygens (including phenoxy) is 1. The van der Waals surface area contributed by atoms with Crippen molar-refractivity contribution in [3.8, 4) is 0 Å². The molecule has 0 bridgehead atoms. The predicted octanol–water partition coefficient (Wildman–Crippen LogP) is 1.27. The molecule has 1 amide bonds. The second-order valence-electron chi connectivity index (χ2n) is 7.32. The standard InChI is InChI=1S/C21H23N3O6S/c1-22(14-16-5-3-2-4-6-16)31(27,28)17-7-8-18-19(13-17)30-21(26)24(18)15-20(25)23-9-11-29-12-10-23/h2-8,13H,9-12,14-15H2,1H3. The zero-order chi connectivity index (χ0) is 22.0. The number of morpholine rings is 1. The van der Waals surface area contributed by atoms with E-state index in [4.69, 9.17) is 9.15 Å². The van der Waals surface area contributed by atoms with Crippen LogP contribution in [0.2, 0.25) is 0 Å². The van der Waals surface area contributed by atoms with Crippen molar-refractivity contribution >= 4 is 27.0 Å². The van der Waals surface area contributed by atoms with Gasteiger partial charge in [-0.1, -0.05) is 30.3 Å². The average molecular weight is 445 g/mol. The highest BCUT2D eigenvalue weighted by atomic mass is 32.2. The first-order chi connectivity index (χ1) is 14.9. The maximum absolute atomic E-state index is 13.0. The van der Waals surface area contributed by atoms with Crippen molar-refractivity contribution in [3.05, 3.63) is 64.6 Å². The first-order valence-corrected chi connectivity index (χ1v) is 11.3. The molecule has 0 atom stereocenters. The van der Waals surface area contributed by atoms with Gasteiger partial charge in [-0.15, -0.1) is 0 Å². The van der Waals surface area contributed by atoms with E-state index in [9.17, 15) is 18.0 Å². The number of hydrogen-bond acceptors (Lipinski definition) is 6. The lowest BCUT2D eigenvalue weighted by atomic mass is 10.2. The van der Waals surface area contributed by atoms with Crippen LogP contribution in [0, 0.1) is 0 Å². The van der Waals surface area contributed by atoms with E-state index in [1.54, 1.807) is 4.90 Å². The molecular formula is C21H23N3O6S. The van der Waals surface area contributed by atoms with Gasteiger partial charge in [0.15, 0.2) is 5.58 Å². The Morgan fingerprint density at radius 2 is 1.81 bits per heavy atom. The molecule has 31 heavy (non-hydrogen) atoms. The predicted molar refractivity (Wildman–Crippen MR) is 113 cm³/mol. The summed E-state index contributed by atoms with van der Waals surface area (Å²) in [7, 11) is -2.30. The molecule has 0 aliphatic carbocycles.